The molecule has 114 valence electrons. The fourth-order valence-electron chi connectivity index (χ4n) is 2.25. The lowest BCUT2D eigenvalue weighted by molar-refractivity contribution is 0.374. The second-order valence-corrected chi connectivity index (χ2v) is 5.89. The average Bonchev–Trinajstić information content (AvgIpc) is 2.72. The quantitative estimate of drug-likeness (QED) is 0.914. The Balaban J connectivity index is 2.73. The van der Waals surface area contributed by atoms with E-state index in [1.165, 1.54) is 0 Å². The third-order valence-electron chi connectivity index (χ3n) is 3.25. The molecule has 2 aromatic rings. The monoisotopic (exact) mass is 353 g/mol. The van der Waals surface area contributed by atoms with Crippen LogP contribution in [0, 0.1) is 6.92 Å². The lowest BCUT2D eigenvalue weighted by atomic mass is 10.1. The van der Waals surface area contributed by atoms with Crippen molar-refractivity contribution in [3.8, 4) is 17.3 Å². The summed E-state index contributed by atoms with van der Waals surface area (Å²) >= 11 is 3.57. The van der Waals surface area contributed by atoms with Crippen molar-refractivity contribution < 1.29 is 4.74 Å². The predicted molar refractivity (Wildman–Crippen MR) is 86.9 cm³/mol. The van der Waals surface area contributed by atoms with Crippen molar-refractivity contribution in [1.82, 2.24) is 19.7 Å². The molecule has 6 nitrogen and oxygen atoms in total. The lowest BCUT2D eigenvalue weighted by Crippen LogP contribution is -2.05. The molecule has 0 amide bonds. The van der Waals surface area contributed by atoms with Crippen molar-refractivity contribution in [3.05, 3.63) is 15.9 Å². The summed E-state index contributed by atoms with van der Waals surface area (Å²) < 4.78 is 8.04. The van der Waals surface area contributed by atoms with Crippen LogP contribution in [0.1, 0.15) is 31.2 Å². The highest BCUT2D eigenvalue weighted by Gasteiger charge is 2.22. The van der Waals surface area contributed by atoms with Gasteiger partial charge in [0.15, 0.2) is 5.82 Å². The zero-order valence-electron chi connectivity index (χ0n) is 13.2. The molecule has 0 aromatic carbocycles. The Labute approximate surface area is 133 Å². The average molecular weight is 354 g/mol. The first-order valence-corrected chi connectivity index (χ1v) is 7.53. The van der Waals surface area contributed by atoms with Crippen LogP contribution >= 0.6 is 15.9 Å². The van der Waals surface area contributed by atoms with Crippen LogP contribution in [0.5, 0.6) is 5.88 Å². The maximum Gasteiger partial charge on any atom is 0.222 e. The first-order valence-electron chi connectivity index (χ1n) is 6.73. The zero-order valence-corrected chi connectivity index (χ0v) is 14.7. The second kappa shape index (κ2) is 6.01. The maximum absolute atomic E-state index is 5.44. The Morgan fingerprint density at radius 1 is 1.29 bits per heavy atom. The summed E-state index contributed by atoms with van der Waals surface area (Å²) in [7, 11) is 5.31. The van der Waals surface area contributed by atoms with Crippen molar-refractivity contribution in [2.45, 2.75) is 26.7 Å². The Hall–Kier alpha value is -1.63. The van der Waals surface area contributed by atoms with Crippen molar-refractivity contribution in [3.63, 3.8) is 0 Å². The molecule has 2 aromatic heterocycles. The Morgan fingerprint density at radius 3 is 2.48 bits per heavy atom. The van der Waals surface area contributed by atoms with Crippen LogP contribution in [0.3, 0.4) is 0 Å². The molecule has 0 fully saturated rings. The molecule has 0 aliphatic heterocycles. The van der Waals surface area contributed by atoms with Crippen LogP contribution in [0.15, 0.2) is 4.47 Å². The van der Waals surface area contributed by atoms with E-state index in [2.05, 4.69) is 45.2 Å². The van der Waals surface area contributed by atoms with E-state index >= 15 is 0 Å². The molecule has 1 N–H and O–H groups in total. The molecule has 0 saturated heterocycles. The summed E-state index contributed by atoms with van der Waals surface area (Å²) in [5.74, 6) is 2.31. The minimum absolute atomic E-state index is 0.274. The lowest BCUT2D eigenvalue weighted by Gasteiger charge is -2.13. The first-order chi connectivity index (χ1) is 9.90. The van der Waals surface area contributed by atoms with E-state index < -0.39 is 0 Å². The standard InChI is InChI=1S/C14H20BrN5O/c1-7(2)11-10(15)13(16-4)18-12(17-11)9-8(3)19-20(5)14(9)21-6/h7H,1-6H3,(H,16,17,18). The van der Waals surface area contributed by atoms with Crippen LogP contribution in [0.25, 0.3) is 11.4 Å². The number of hydrogen-bond acceptors (Lipinski definition) is 5. The van der Waals surface area contributed by atoms with Gasteiger partial charge in [0.25, 0.3) is 0 Å². The van der Waals surface area contributed by atoms with Gasteiger partial charge in [0, 0.05) is 14.1 Å². The molecule has 0 aliphatic carbocycles. The zero-order chi connectivity index (χ0) is 15.7. The number of methoxy groups -OCH3 is 1. The molecular formula is C14H20BrN5O. The summed E-state index contributed by atoms with van der Waals surface area (Å²) in [6, 6.07) is 0. The van der Waals surface area contributed by atoms with Gasteiger partial charge in [-0.15, -0.1) is 0 Å². The number of halogens is 1. The van der Waals surface area contributed by atoms with Gasteiger partial charge >= 0.3 is 0 Å². The molecular weight excluding hydrogens is 334 g/mol. The smallest absolute Gasteiger partial charge is 0.222 e. The number of nitrogens with one attached hydrogen (secondary N) is 1. The van der Waals surface area contributed by atoms with Gasteiger partial charge in [-0.1, -0.05) is 13.8 Å². The van der Waals surface area contributed by atoms with Crippen LogP contribution in [-0.2, 0) is 7.05 Å². The maximum atomic E-state index is 5.44. The van der Waals surface area contributed by atoms with Gasteiger partial charge in [0.05, 0.1) is 23.0 Å². The number of hydrogen-bond donors (Lipinski definition) is 1. The second-order valence-electron chi connectivity index (χ2n) is 5.09. The number of anilines is 1. The molecule has 0 aliphatic rings. The SMILES string of the molecule is CNc1nc(-c2c(C)nn(C)c2OC)nc(C(C)C)c1Br. The fraction of sp³-hybridized carbons (Fsp3) is 0.500. The third-order valence-corrected chi connectivity index (χ3v) is 4.03. The third kappa shape index (κ3) is 2.74. The molecule has 0 spiro atoms. The normalized spacial score (nSPS) is 11.0. The van der Waals surface area contributed by atoms with Gasteiger partial charge in [0.2, 0.25) is 5.88 Å². The molecule has 0 radical (unpaired) electrons. The Kier molecular flexibility index (Phi) is 4.51. The van der Waals surface area contributed by atoms with Gasteiger partial charge in [-0.25, -0.2) is 14.6 Å². The number of aryl methyl sites for hydroxylation is 2. The van der Waals surface area contributed by atoms with Crippen molar-refractivity contribution in [2.75, 3.05) is 19.5 Å². The van der Waals surface area contributed by atoms with E-state index in [1.807, 2.05) is 21.0 Å². The van der Waals surface area contributed by atoms with Gasteiger partial charge in [0.1, 0.15) is 11.4 Å². The Bertz CT molecular complexity index is 666. The number of nitrogens with zero attached hydrogens (tertiary/aromatic N) is 4. The molecule has 0 atom stereocenters. The fourth-order valence-corrected chi connectivity index (χ4v) is 3.09. The Morgan fingerprint density at radius 2 is 1.95 bits per heavy atom. The van der Waals surface area contributed by atoms with Crippen molar-refractivity contribution in [2.24, 2.45) is 7.05 Å². The van der Waals surface area contributed by atoms with Gasteiger partial charge < -0.3 is 10.1 Å². The van der Waals surface area contributed by atoms with Gasteiger partial charge in [-0.3, -0.25) is 0 Å². The summed E-state index contributed by atoms with van der Waals surface area (Å²) in [5.41, 5.74) is 2.62. The molecule has 2 heterocycles. The van der Waals surface area contributed by atoms with Crippen LogP contribution in [-0.4, -0.2) is 33.9 Å². The van der Waals surface area contributed by atoms with E-state index in [-0.39, 0.29) is 5.92 Å². The largest absolute Gasteiger partial charge is 0.481 e. The highest BCUT2D eigenvalue weighted by atomic mass is 79.9. The van der Waals surface area contributed by atoms with Crippen LogP contribution < -0.4 is 10.1 Å². The first kappa shape index (κ1) is 15.8. The van der Waals surface area contributed by atoms with E-state index in [0.29, 0.717) is 11.7 Å². The molecule has 0 saturated carbocycles. The molecule has 21 heavy (non-hydrogen) atoms. The molecule has 2 rings (SSSR count). The van der Waals surface area contributed by atoms with Crippen LogP contribution in [0.2, 0.25) is 0 Å². The van der Waals surface area contributed by atoms with Crippen molar-refractivity contribution in [1.29, 1.82) is 0 Å². The number of rotatable bonds is 4. The highest BCUT2D eigenvalue weighted by Crippen LogP contribution is 2.35. The summed E-state index contributed by atoms with van der Waals surface area (Å²) in [4.78, 5) is 9.29. The number of aromatic nitrogens is 4. The van der Waals surface area contributed by atoms with E-state index in [1.54, 1.807) is 11.8 Å². The van der Waals surface area contributed by atoms with Crippen molar-refractivity contribution >= 4 is 21.7 Å². The van der Waals surface area contributed by atoms with Gasteiger partial charge in [-0.2, -0.15) is 5.10 Å². The topological polar surface area (TPSA) is 64.9 Å². The number of ether oxygens (including phenoxy) is 1. The summed E-state index contributed by atoms with van der Waals surface area (Å²) in [6.07, 6.45) is 0. The van der Waals surface area contributed by atoms with E-state index in [9.17, 15) is 0 Å². The molecule has 7 heteroatoms. The predicted octanol–water partition coefficient (Wildman–Crippen LogP) is 3.12. The summed E-state index contributed by atoms with van der Waals surface area (Å²) in [6.45, 7) is 6.13. The summed E-state index contributed by atoms with van der Waals surface area (Å²) in [5, 5.41) is 7.49. The van der Waals surface area contributed by atoms with Gasteiger partial charge in [-0.05, 0) is 28.8 Å². The van der Waals surface area contributed by atoms with Crippen LogP contribution in [0.4, 0.5) is 5.82 Å². The molecule has 0 unspecified atom stereocenters. The molecule has 0 bridgehead atoms. The van der Waals surface area contributed by atoms with E-state index in [0.717, 1.165) is 27.2 Å². The highest BCUT2D eigenvalue weighted by molar-refractivity contribution is 9.10. The minimum atomic E-state index is 0.274. The van der Waals surface area contributed by atoms with E-state index in [4.69, 9.17) is 9.72 Å². The minimum Gasteiger partial charge on any atom is -0.481 e.